The van der Waals surface area contributed by atoms with Crippen LogP contribution >= 0.6 is 0 Å². The molecular formula is C17H16O4. The standard InChI is InChI=1S/C17H16O4/c1-12(18)14-8-9-16(17(10-14)20-2)21-11-15(19)13-6-4-3-5-7-13/h3-10H,11H2,1-2H3. The van der Waals surface area contributed by atoms with Crippen molar-refractivity contribution in [2.24, 2.45) is 0 Å². The third-order valence-corrected chi connectivity index (χ3v) is 3.02. The summed E-state index contributed by atoms with van der Waals surface area (Å²) in [6.45, 7) is 1.40. The molecule has 0 saturated heterocycles. The average molecular weight is 284 g/mol. The highest BCUT2D eigenvalue weighted by Crippen LogP contribution is 2.28. The van der Waals surface area contributed by atoms with E-state index in [-0.39, 0.29) is 18.2 Å². The van der Waals surface area contributed by atoms with Crippen molar-refractivity contribution in [3.05, 3.63) is 59.7 Å². The normalized spacial score (nSPS) is 10.0. The number of methoxy groups -OCH3 is 1. The van der Waals surface area contributed by atoms with Gasteiger partial charge in [0.25, 0.3) is 0 Å². The molecule has 4 heteroatoms. The predicted molar refractivity (Wildman–Crippen MR) is 79.3 cm³/mol. The zero-order chi connectivity index (χ0) is 15.2. The maximum Gasteiger partial charge on any atom is 0.200 e. The Labute approximate surface area is 123 Å². The minimum atomic E-state index is -0.117. The lowest BCUT2D eigenvalue weighted by Crippen LogP contribution is -2.12. The van der Waals surface area contributed by atoms with Crippen molar-refractivity contribution in [2.45, 2.75) is 6.92 Å². The van der Waals surface area contributed by atoms with Crippen LogP contribution < -0.4 is 9.47 Å². The minimum Gasteiger partial charge on any atom is -0.493 e. The van der Waals surface area contributed by atoms with Crippen LogP contribution in [0.5, 0.6) is 11.5 Å². The SMILES string of the molecule is COc1cc(C(C)=O)ccc1OCC(=O)c1ccccc1. The molecule has 0 aliphatic heterocycles. The molecule has 2 aromatic rings. The van der Waals surface area contributed by atoms with Crippen molar-refractivity contribution in [1.82, 2.24) is 0 Å². The zero-order valence-electron chi connectivity index (χ0n) is 12.0. The molecule has 2 aromatic carbocycles. The second kappa shape index (κ2) is 6.70. The van der Waals surface area contributed by atoms with E-state index in [2.05, 4.69) is 0 Å². The number of ketones is 2. The summed E-state index contributed by atoms with van der Waals surface area (Å²) in [5.41, 5.74) is 1.13. The Kier molecular flexibility index (Phi) is 4.72. The summed E-state index contributed by atoms with van der Waals surface area (Å²) in [5.74, 6) is 0.698. The van der Waals surface area contributed by atoms with Gasteiger partial charge in [0.1, 0.15) is 0 Å². The summed E-state index contributed by atoms with van der Waals surface area (Å²) in [7, 11) is 1.49. The van der Waals surface area contributed by atoms with E-state index in [9.17, 15) is 9.59 Å². The van der Waals surface area contributed by atoms with E-state index in [0.717, 1.165) is 0 Å². The van der Waals surface area contributed by atoms with Crippen molar-refractivity contribution < 1.29 is 19.1 Å². The third-order valence-electron chi connectivity index (χ3n) is 3.02. The van der Waals surface area contributed by atoms with Gasteiger partial charge in [0.2, 0.25) is 0 Å². The number of hydrogen-bond acceptors (Lipinski definition) is 4. The van der Waals surface area contributed by atoms with E-state index in [4.69, 9.17) is 9.47 Å². The molecule has 4 nitrogen and oxygen atoms in total. The quantitative estimate of drug-likeness (QED) is 0.765. The number of benzene rings is 2. The van der Waals surface area contributed by atoms with Crippen LogP contribution in [0.15, 0.2) is 48.5 Å². The lowest BCUT2D eigenvalue weighted by Gasteiger charge is -2.11. The molecule has 0 unspecified atom stereocenters. The first-order valence-corrected chi connectivity index (χ1v) is 6.52. The monoisotopic (exact) mass is 284 g/mol. The van der Waals surface area contributed by atoms with Gasteiger partial charge in [-0.3, -0.25) is 9.59 Å². The van der Waals surface area contributed by atoms with Gasteiger partial charge in [-0.2, -0.15) is 0 Å². The molecule has 0 aliphatic rings. The van der Waals surface area contributed by atoms with E-state index in [0.29, 0.717) is 22.6 Å². The summed E-state index contributed by atoms with van der Waals surface area (Å²) >= 11 is 0. The summed E-state index contributed by atoms with van der Waals surface area (Å²) in [6.07, 6.45) is 0. The van der Waals surface area contributed by atoms with Gasteiger partial charge in [-0.25, -0.2) is 0 Å². The van der Waals surface area contributed by atoms with Crippen molar-refractivity contribution in [2.75, 3.05) is 13.7 Å². The van der Waals surface area contributed by atoms with Gasteiger partial charge in [0, 0.05) is 11.1 Å². The van der Waals surface area contributed by atoms with Gasteiger partial charge >= 0.3 is 0 Å². The Bertz CT molecular complexity index is 647. The fraction of sp³-hybridized carbons (Fsp3) is 0.176. The summed E-state index contributed by atoms with van der Waals surface area (Å²) in [4.78, 5) is 23.3. The molecule has 0 amide bonds. The number of hydrogen-bond donors (Lipinski definition) is 0. The van der Waals surface area contributed by atoms with Gasteiger partial charge in [-0.15, -0.1) is 0 Å². The van der Waals surface area contributed by atoms with Crippen LogP contribution in [0.1, 0.15) is 27.6 Å². The van der Waals surface area contributed by atoms with Crippen LogP contribution in [0, 0.1) is 0 Å². The molecule has 0 fully saturated rings. The fourth-order valence-corrected chi connectivity index (χ4v) is 1.86. The van der Waals surface area contributed by atoms with E-state index >= 15 is 0 Å². The molecule has 0 heterocycles. The van der Waals surface area contributed by atoms with Gasteiger partial charge in [-0.05, 0) is 25.1 Å². The highest BCUT2D eigenvalue weighted by atomic mass is 16.5. The lowest BCUT2D eigenvalue weighted by atomic mass is 10.1. The van der Waals surface area contributed by atoms with Gasteiger partial charge in [0.05, 0.1) is 7.11 Å². The first-order valence-electron chi connectivity index (χ1n) is 6.52. The summed E-state index contributed by atoms with van der Waals surface area (Å²) in [5, 5.41) is 0. The largest absolute Gasteiger partial charge is 0.493 e. The smallest absolute Gasteiger partial charge is 0.200 e. The molecule has 21 heavy (non-hydrogen) atoms. The van der Waals surface area contributed by atoms with Crippen molar-refractivity contribution in [3.8, 4) is 11.5 Å². The van der Waals surface area contributed by atoms with Gasteiger partial charge < -0.3 is 9.47 Å². The van der Waals surface area contributed by atoms with Crippen molar-refractivity contribution >= 4 is 11.6 Å². The predicted octanol–water partition coefficient (Wildman–Crippen LogP) is 3.16. The molecule has 0 spiro atoms. The molecule has 0 N–H and O–H groups in total. The number of carbonyl (C=O) groups is 2. The van der Waals surface area contributed by atoms with E-state index < -0.39 is 0 Å². The highest BCUT2D eigenvalue weighted by molar-refractivity contribution is 5.97. The Morgan fingerprint density at radius 3 is 2.29 bits per heavy atom. The molecule has 0 aromatic heterocycles. The molecule has 0 bridgehead atoms. The maximum absolute atomic E-state index is 12.0. The first kappa shape index (κ1) is 14.8. The highest BCUT2D eigenvalue weighted by Gasteiger charge is 2.11. The third kappa shape index (κ3) is 3.69. The Hall–Kier alpha value is -2.62. The van der Waals surface area contributed by atoms with Crippen LogP contribution in [0.4, 0.5) is 0 Å². The van der Waals surface area contributed by atoms with Crippen LogP contribution in [0.3, 0.4) is 0 Å². The molecule has 2 rings (SSSR count). The Morgan fingerprint density at radius 2 is 1.67 bits per heavy atom. The topological polar surface area (TPSA) is 52.6 Å². The van der Waals surface area contributed by atoms with Crippen LogP contribution in [0.25, 0.3) is 0 Å². The number of ether oxygens (including phenoxy) is 2. The minimum absolute atomic E-state index is 0.0554. The van der Waals surface area contributed by atoms with Crippen LogP contribution in [-0.2, 0) is 0 Å². The van der Waals surface area contributed by atoms with Crippen molar-refractivity contribution in [1.29, 1.82) is 0 Å². The molecule has 0 radical (unpaired) electrons. The maximum atomic E-state index is 12.0. The number of rotatable bonds is 6. The van der Waals surface area contributed by atoms with E-state index in [1.807, 2.05) is 6.07 Å². The van der Waals surface area contributed by atoms with Gasteiger partial charge in [-0.1, -0.05) is 30.3 Å². The fourth-order valence-electron chi connectivity index (χ4n) is 1.86. The zero-order valence-corrected chi connectivity index (χ0v) is 12.0. The number of Topliss-reactive ketones (excluding diaryl/α,β-unsaturated/α-hetero) is 2. The Morgan fingerprint density at radius 1 is 0.952 bits per heavy atom. The van der Waals surface area contributed by atoms with E-state index in [1.165, 1.54) is 14.0 Å². The number of carbonyl (C=O) groups excluding carboxylic acids is 2. The Balaban J connectivity index is 2.10. The summed E-state index contributed by atoms with van der Waals surface area (Å²) < 4.78 is 10.7. The lowest BCUT2D eigenvalue weighted by molar-refractivity contribution is 0.0918. The van der Waals surface area contributed by atoms with Crippen LogP contribution in [-0.4, -0.2) is 25.3 Å². The molecule has 0 atom stereocenters. The first-order chi connectivity index (χ1) is 10.1. The summed E-state index contributed by atoms with van der Waals surface area (Å²) in [6, 6.07) is 13.8. The second-order valence-corrected chi connectivity index (χ2v) is 4.50. The molecule has 0 aliphatic carbocycles. The van der Waals surface area contributed by atoms with Crippen LogP contribution in [0.2, 0.25) is 0 Å². The van der Waals surface area contributed by atoms with Crippen molar-refractivity contribution in [3.63, 3.8) is 0 Å². The second-order valence-electron chi connectivity index (χ2n) is 4.50. The molecule has 0 saturated carbocycles. The molecule has 108 valence electrons. The van der Waals surface area contributed by atoms with Gasteiger partial charge in [0.15, 0.2) is 29.7 Å². The van der Waals surface area contributed by atoms with E-state index in [1.54, 1.807) is 42.5 Å². The molecular weight excluding hydrogens is 268 g/mol. The average Bonchev–Trinajstić information content (AvgIpc) is 2.53.